The Morgan fingerprint density at radius 2 is 1.47 bits per heavy atom. The van der Waals surface area contributed by atoms with E-state index in [1.54, 1.807) is 60.9 Å². The van der Waals surface area contributed by atoms with Gasteiger partial charge in [0.25, 0.3) is 0 Å². The molecule has 0 fully saturated rings. The van der Waals surface area contributed by atoms with Crippen molar-refractivity contribution in [1.29, 1.82) is 0 Å². The number of carbonyl (C=O) groups is 1. The van der Waals surface area contributed by atoms with E-state index < -0.39 is 23.5 Å². The topological polar surface area (TPSA) is 61.3 Å². The Bertz CT molecular complexity index is 1130. The van der Waals surface area contributed by atoms with E-state index in [9.17, 15) is 18.0 Å². The molecule has 192 valence electrons. The van der Waals surface area contributed by atoms with Gasteiger partial charge in [-0.1, -0.05) is 25.5 Å². The van der Waals surface area contributed by atoms with E-state index in [1.165, 1.54) is 6.92 Å². The first kappa shape index (κ1) is 27.2. The Morgan fingerprint density at radius 3 is 2.03 bits per heavy atom. The minimum atomic E-state index is -2.07. The van der Waals surface area contributed by atoms with Gasteiger partial charge in [-0.3, -0.25) is 0 Å². The number of nitrogens with zero attached hydrogens (tertiary/aromatic N) is 2. The molecule has 0 N–H and O–H groups in total. The Morgan fingerprint density at radius 1 is 0.917 bits per heavy atom. The molecule has 8 heteroatoms. The zero-order valence-corrected chi connectivity index (χ0v) is 20.9. The van der Waals surface area contributed by atoms with Crippen molar-refractivity contribution in [3.8, 4) is 34.0 Å². The molecule has 0 aliphatic rings. The number of carbonyl (C=O) groups excluding carboxylic acids is 1. The van der Waals surface area contributed by atoms with E-state index in [1.807, 2.05) is 6.92 Å². The summed E-state index contributed by atoms with van der Waals surface area (Å²) in [4.78, 5) is 20.9. The first-order valence-electron chi connectivity index (χ1n) is 11.9. The summed E-state index contributed by atoms with van der Waals surface area (Å²) in [6.07, 6.45) is 3.20. The smallest absolute Gasteiger partial charge is 0.348 e. The molecule has 2 aromatic carbocycles. The van der Waals surface area contributed by atoms with Gasteiger partial charge in [0.15, 0.2) is 11.5 Å². The molecule has 0 bridgehead atoms. The van der Waals surface area contributed by atoms with Crippen LogP contribution in [0.15, 0.2) is 60.9 Å². The Balaban J connectivity index is 1.62. The number of rotatable bonds is 11. The summed E-state index contributed by atoms with van der Waals surface area (Å²) in [5.74, 6) is 0.263. The third kappa shape index (κ3) is 7.06. The predicted molar refractivity (Wildman–Crippen MR) is 133 cm³/mol. The number of hydrogen-bond donors (Lipinski definition) is 0. The van der Waals surface area contributed by atoms with E-state index >= 15 is 0 Å². The number of aromatic nitrogens is 2. The highest BCUT2D eigenvalue weighted by Gasteiger charge is 2.34. The number of ether oxygens (including phenoxy) is 2. The maximum atomic E-state index is 14.5. The summed E-state index contributed by atoms with van der Waals surface area (Å²) < 4.78 is 52.4. The average molecular weight is 501 g/mol. The second-order valence-corrected chi connectivity index (χ2v) is 9.22. The lowest BCUT2D eigenvalue weighted by Crippen LogP contribution is -2.36. The maximum Gasteiger partial charge on any atom is 0.348 e. The summed E-state index contributed by atoms with van der Waals surface area (Å²) in [7, 11) is 0. The van der Waals surface area contributed by atoms with Gasteiger partial charge in [0.2, 0.25) is 5.67 Å². The predicted octanol–water partition coefficient (Wildman–Crippen LogP) is 7.10. The summed E-state index contributed by atoms with van der Waals surface area (Å²) in [5.41, 5.74) is -1.81. The van der Waals surface area contributed by atoms with Gasteiger partial charge in [-0.15, -0.1) is 0 Å². The van der Waals surface area contributed by atoms with Crippen molar-refractivity contribution >= 4 is 5.97 Å². The van der Waals surface area contributed by atoms with Gasteiger partial charge >= 0.3 is 5.97 Å². The highest BCUT2D eigenvalue weighted by atomic mass is 19.2. The van der Waals surface area contributed by atoms with Crippen LogP contribution >= 0.6 is 0 Å². The van der Waals surface area contributed by atoms with Gasteiger partial charge < -0.3 is 9.47 Å². The van der Waals surface area contributed by atoms with Crippen molar-refractivity contribution in [3.63, 3.8) is 0 Å². The van der Waals surface area contributed by atoms with Crippen molar-refractivity contribution in [2.45, 2.75) is 64.5 Å². The molecular weight excluding hydrogens is 469 g/mol. The molecule has 5 nitrogen and oxygen atoms in total. The van der Waals surface area contributed by atoms with Gasteiger partial charge in [0.1, 0.15) is 24.3 Å². The molecule has 3 unspecified atom stereocenters. The van der Waals surface area contributed by atoms with Gasteiger partial charge in [-0.2, -0.15) is 0 Å². The largest absolute Gasteiger partial charge is 0.490 e. The van der Waals surface area contributed by atoms with Crippen LogP contribution in [0, 0.1) is 0 Å². The number of esters is 1. The van der Waals surface area contributed by atoms with Gasteiger partial charge in [-0.25, -0.2) is 27.9 Å². The second-order valence-electron chi connectivity index (χ2n) is 9.22. The standard InChI is InChI=1S/C28H31F3N2O3/c1-5-6-15-27(3,30)26(34)36-24-13-7-20(8-14-24)22-16-32-25(33-17-22)21-9-11-23(12-10-21)35-18-28(4,31)19(2)29/h7-14,16-17,19H,5-6,15,18H2,1-4H3. The van der Waals surface area contributed by atoms with Crippen molar-refractivity contribution in [3.05, 3.63) is 60.9 Å². The molecule has 0 spiro atoms. The second kappa shape index (κ2) is 11.5. The fourth-order valence-corrected chi connectivity index (χ4v) is 3.21. The van der Waals surface area contributed by atoms with Crippen LogP contribution in [0.1, 0.15) is 47.0 Å². The number of benzene rings is 2. The average Bonchev–Trinajstić information content (AvgIpc) is 2.87. The molecule has 36 heavy (non-hydrogen) atoms. The molecule has 3 aromatic rings. The quantitative estimate of drug-likeness (QED) is 0.208. The molecule has 0 aliphatic heterocycles. The molecule has 0 amide bonds. The van der Waals surface area contributed by atoms with Gasteiger partial charge in [0, 0.05) is 23.5 Å². The monoisotopic (exact) mass is 500 g/mol. The van der Waals surface area contributed by atoms with E-state index in [2.05, 4.69) is 9.97 Å². The lowest BCUT2D eigenvalue weighted by Gasteiger charge is -2.22. The lowest BCUT2D eigenvalue weighted by atomic mass is 10.0. The van der Waals surface area contributed by atoms with Crippen LogP contribution in [0.25, 0.3) is 22.5 Å². The third-order valence-electron chi connectivity index (χ3n) is 5.94. The van der Waals surface area contributed by atoms with Crippen molar-refractivity contribution in [2.75, 3.05) is 6.61 Å². The van der Waals surface area contributed by atoms with Crippen molar-refractivity contribution < 1.29 is 27.4 Å². The van der Waals surface area contributed by atoms with Crippen molar-refractivity contribution in [1.82, 2.24) is 9.97 Å². The fraction of sp³-hybridized carbons (Fsp3) is 0.393. The Labute approximate surface area is 209 Å². The SMILES string of the molecule is CCCCC(C)(F)C(=O)Oc1ccc(-c2cnc(-c3ccc(OCC(C)(F)C(C)F)cc3)nc2)cc1. The third-order valence-corrected chi connectivity index (χ3v) is 5.94. The number of alkyl halides is 3. The highest BCUT2D eigenvalue weighted by Crippen LogP contribution is 2.27. The van der Waals surface area contributed by atoms with Crippen LogP contribution in [0.4, 0.5) is 13.2 Å². The molecule has 3 atom stereocenters. The molecule has 0 aliphatic carbocycles. The van der Waals surface area contributed by atoms with Crippen LogP contribution in [0.2, 0.25) is 0 Å². The Hall–Kier alpha value is -3.42. The first-order chi connectivity index (χ1) is 17.0. The first-order valence-corrected chi connectivity index (χ1v) is 11.9. The summed E-state index contributed by atoms with van der Waals surface area (Å²) in [6, 6.07) is 13.5. The number of unbranched alkanes of at least 4 members (excludes halogenated alkanes) is 1. The minimum absolute atomic E-state index is 0.120. The van der Waals surface area contributed by atoms with Crippen LogP contribution in [0.3, 0.4) is 0 Å². The zero-order chi connectivity index (χ0) is 26.3. The number of halogens is 3. The normalized spacial score (nSPS) is 15.4. The molecule has 1 heterocycles. The zero-order valence-electron chi connectivity index (χ0n) is 20.9. The Kier molecular flexibility index (Phi) is 8.71. The fourth-order valence-electron chi connectivity index (χ4n) is 3.21. The lowest BCUT2D eigenvalue weighted by molar-refractivity contribution is -0.147. The van der Waals surface area contributed by atoms with Gasteiger partial charge in [-0.05, 0) is 75.6 Å². The summed E-state index contributed by atoms with van der Waals surface area (Å²) in [5, 5.41) is 0. The van der Waals surface area contributed by atoms with Crippen LogP contribution in [0.5, 0.6) is 11.5 Å². The molecule has 0 radical (unpaired) electrons. The van der Waals surface area contributed by atoms with E-state index in [0.717, 1.165) is 37.0 Å². The molecular formula is C28H31F3N2O3. The maximum absolute atomic E-state index is 14.5. The van der Waals surface area contributed by atoms with Crippen molar-refractivity contribution in [2.24, 2.45) is 0 Å². The highest BCUT2D eigenvalue weighted by molar-refractivity contribution is 5.81. The van der Waals surface area contributed by atoms with E-state index in [-0.39, 0.29) is 18.8 Å². The summed E-state index contributed by atoms with van der Waals surface area (Å²) >= 11 is 0. The van der Waals surface area contributed by atoms with E-state index in [4.69, 9.17) is 9.47 Å². The number of hydrogen-bond acceptors (Lipinski definition) is 5. The minimum Gasteiger partial charge on any atom is -0.490 e. The molecule has 0 saturated heterocycles. The molecule has 1 aromatic heterocycles. The molecule has 3 rings (SSSR count). The van der Waals surface area contributed by atoms with Gasteiger partial charge in [0.05, 0.1) is 0 Å². The summed E-state index contributed by atoms with van der Waals surface area (Å²) in [6.45, 7) is 5.11. The van der Waals surface area contributed by atoms with Crippen LogP contribution in [-0.2, 0) is 4.79 Å². The van der Waals surface area contributed by atoms with Crippen LogP contribution in [-0.4, -0.2) is 40.1 Å². The van der Waals surface area contributed by atoms with Crippen LogP contribution < -0.4 is 9.47 Å². The van der Waals surface area contributed by atoms with E-state index in [0.29, 0.717) is 18.0 Å². The molecule has 0 saturated carbocycles.